The number of nitriles is 1. The van der Waals surface area contributed by atoms with Crippen LogP contribution in [-0.4, -0.2) is 57.8 Å². The molecule has 5 rings (SSSR count). The van der Waals surface area contributed by atoms with Crippen LogP contribution in [0.4, 0.5) is 0 Å². The van der Waals surface area contributed by atoms with Crippen LogP contribution >= 0.6 is 0 Å². The van der Waals surface area contributed by atoms with Crippen LogP contribution < -0.4 is 5.32 Å². The molecule has 10 heteroatoms. The number of cyclic esters (lactones) is 1. The number of hydrogen-bond donors (Lipinski definition) is 1. The Kier molecular flexibility index (Phi) is 5.67. The zero-order valence-corrected chi connectivity index (χ0v) is 19.3. The molecule has 170 valence electrons. The van der Waals surface area contributed by atoms with Gasteiger partial charge in [-0.2, -0.15) is 15.5 Å². The number of carbonyl (C=O) groups excluding carboxylic acids is 1. The number of benzene rings is 1. The van der Waals surface area contributed by atoms with Crippen LogP contribution in [0, 0.1) is 25.2 Å². The first-order valence-corrected chi connectivity index (χ1v) is 11.2. The lowest BCUT2D eigenvalue weighted by molar-refractivity contribution is 0.0511. The van der Waals surface area contributed by atoms with E-state index in [1.165, 1.54) is 4.80 Å². The lowest BCUT2D eigenvalue weighted by Crippen LogP contribution is -2.50. The summed E-state index contributed by atoms with van der Waals surface area (Å²) in [6.45, 7) is 8.30. The maximum absolute atomic E-state index is 12.0. The standard InChI is InChI=1S/C24H24BN7O2/c1-13-6-21(27-8-16(13)7-26)32-28-9-17(30-32)11-31-10-14(2)29-20(12-31)18-4-5-19-22(15(18)3)23(25)34-24(19)33/h4-6,8-9,14,20,23,29H,10-12H2,1-3H3/t14-,20-,23?/m0/s1. The molecule has 0 spiro atoms. The first kappa shape index (κ1) is 22.3. The highest BCUT2D eigenvalue weighted by molar-refractivity contribution is 6.15. The van der Waals surface area contributed by atoms with E-state index in [4.69, 9.17) is 17.8 Å². The first-order chi connectivity index (χ1) is 16.3. The summed E-state index contributed by atoms with van der Waals surface area (Å²) in [4.78, 5) is 20.2. The van der Waals surface area contributed by atoms with Crippen LogP contribution in [0.15, 0.2) is 30.6 Å². The first-order valence-electron chi connectivity index (χ1n) is 11.2. The Labute approximate surface area is 199 Å². The normalized spacial score (nSPS) is 22.3. The molecule has 3 atom stereocenters. The summed E-state index contributed by atoms with van der Waals surface area (Å²) in [6.07, 6.45) is 3.29. The van der Waals surface area contributed by atoms with Gasteiger partial charge in [0.25, 0.3) is 0 Å². The molecule has 9 nitrogen and oxygen atoms in total. The van der Waals surface area contributed by atoms with Crippen molar-refractivity contribution in [3.8, 4) is 11.9 Å². The summed E-state index contributed by atoms with van der Waals surface area (Å²) in [7, 11) is 6.06. The number of nitrogens with zero attached hydrogens (tertiary/aromatic N) is 6. The van der Waals surface area contributed by atoms with Crippen molar-refractivity contribution >= 4 is 13.8 Å². The summed E-state index contributed by atoms with van der Waals surface area (Å²) < 4.78 is 5.20. The summed E-state index contributed by atoms with van der Waals surface area (Å²) in [5, 5.41) is 21.8. The lowest BCUT2D eigenvalue weighted by atomic mass is 9.84. The van der Waals surface area contributed by atoms with Crippen molar-refractivity contribution in [3.63, 3.8) is 0 Å². The molecule has 1 N–H and O–H groups in total. The molecule has 3 aromatic rings. The molecule has 2 aliphatic heterocycles. The van der Waals surface area contributed by atoms with Gasteiger partial charge in [0.2, 0.25) is 0 Å². The Balaban J connectivity index is 1.34. The van der Waals surface area contributed by atoms with Crippen molar-refractivity contribution in [2.75, 3.05) is 13.1 Å². The largest absolute Gasteiger partial charge is 0.465 e. The summed E-state index contributed by atoms with van der Waals surface area (Å²) in [6, 6.07) is 7.37. The average Bonchev–Trinajstić information content (AvgIpc) is 3.37. The second-order valence-corrected chi connectivity index (χ2v) is 8.98. The van der Waals surface area contributed by atoms with E-state index >= 15 is 0 Å². The molecule has 1 saturated heterocycles. The maximum Gasteiger partial charge on any atom is 0.338 e. The van der Waals surface area contributed by atoms with Crippen LogP contribution in [0.3, 0.4) is 0 Å². The zero-order chi connectivity index (χ0) is 24.0. The third-order valence-electron chi connectivity index (χ3n) is 6.48. The van der Waals surface area contributed by atoms with Gasteiger partial charge in [-0.1, -0.05) is 6.07 Å². The van der Waals surface area contributed by atoms with Gasteiger partial charge in [-0.15, -0.1) is 4.80 Å². The van der Waals surface area contributed by atoms with Gasteiger partial charge in [-0.05, 0) is 49.6 Å². The number of fused-ring (bicyclic) bond motifs is 1. The molecule has 0 amide bonds. The summed E-state index contributed by atoms with van der Waals surface area (Å²) in [5.74, 6) is 0.218. The Morgan fingerprint density at radius 3 is 2.88 bits per heavy atom. The molecule has 4 heterocycles. The Morgan fingerprint density at radius 1 is 1.29 bits per heavy atom. The molecule has 0 aliphatic carbocycles. The molecular formula is C24H24BN7O2. The van der Waals surface area contributed by atoms with E-state index in [9.17, 15) is 4.79 Å². The van der Waals surface area contributed by atoms with Gasteiger partial charge in [0, 0.05) is 43.5 Å². The fourth-order valence-electron chi connectivity index (χ4n) is 4.87. The Morgan fingerprint density at radius 2 is 2.12 bits per heavy atom. The monoisotopic (exact) mass is 453 g/mol. The quantitative estimate of drug-likeness (QED) is 0.472. The number of ether oxygens (including phenoxy) is 1. The van der Waals surface area contributed by atoms with Crippen LogP contribution in [-0.2, 0) is 11.3 Å². The van der Waals surface area contributed by atoms with Crippen LogP contribution in [0.25, 0.3) is 5.82 Å². The van der Waals surface area contributed by atoms with Gasteiger partial charge in [-0.3, -0.25) is 4.90 Å². The van der Waals surface area contributed by atoms with E-state index in [0.29, 0.717) is 23.5 Å². The molecule has 1 unspecified atom stereocenters. The molecule has 0 bridgehead atoms. The number of rotatable bonds is 4. The number of carbonyl (C=O) groups is 1. The third kappa shape index (κ3) is 3.98. The minimum atomic E-state index is -0.714. The highest BCUT2D eigenvalue weighted by Crippen LogP contribution is 2.35. The Hall–Kier alpha value is -3.55. The van der Waals surface area contributed by atoms with Gasteiger partial charge in [0.15, 0.2) is 5.82 Å². The van der Waals surface area contributed by atoms with Crippen molar-refractivity contribution in [2.45, 2.75) is 45.4 Å². The van der Waals surface area contributed by atoms with E-state index < -0.39 is 6.00 Å². The second-order valence-electron chi connectivity index (χ2n) is 8.98. The lowest BCUT2D eigenvalue weighted by Gasteiger charge is -2.38. The third-order valence-corrected chi connectivity index (χ3v) is 6.48. The van der Waals surface area contributed by atoms with Gasteiger partial charge >= 0.3 is 5.97 Å². The molecule has 2 aromatic heterocycles. The van der Waals surface area contributed by atoms with Crippen molar-refractivity contribution in [1.82, 2.24) is 30.2 Å². The fourth-order valence-corrected chi connectivity index (χ4v) is 4.87. The van der Waals surface area contributed by atoms with Crippen LogP contribution in [0.5, 0.6) is 0 Å². The predicted octanol–water partition coefficient (Wildman–Crippen LogP) is 2.02. The summed E-state index contributed by atoms with van der Waals surface area (Å²) >= 11 is 0. The second kappa shape index (κ2) is 8.67. The van der Waals surface area contributed by atoms with Crippen molar-refractivity contribution in [1.29, 1.82) is 5.26 Å². The van der Waals surface area contributed by atoms with Gasteiger partial charge in [-0.25, -0.2) is 9.78 Å². The fraction of sp³-hybridized carbons (Fsp3) is 0.375. The zero-order valence-electron chi connectivity index (χ0n) is 19.3. The van der Waals surface area contributed by atoms with Gasteiger partial charge in [0.1, 0.15) is 13.9 Å². The molecule has 2 aliphatic rings. The molecule has 1 fully saturated rings. The predicted molar refractivity (Wildman–Crippen MR) is 124 cm³/mol. The minimum absolute atomic E-state index is 0.0786. The van der Waals surface area contributed by atoms with E-state index in [-0.39, 0.29) is 18.1 Å². The molecular weight excluding hydrogens is 429 g/mol. The van der Waals surface area contributed by atoms with Gasteiger partial charge in [0.05, 0.1) is 29.0 Å². The number of esters is 1. The topological polar surface area (TPSA) is 109 Å². The number of piperazine rings is 1. The Bertz CT molecular complexity index is 1320. The smallest absolute Gasteiger partial charge is 0.338 e. The van der Waals surface area contributed by atoms with Crippen molar-refractivity contribution in [2.24, 2.45) is 0 Å². The number of pyridine rings is 1. The van der Waals surface area contributed by atoms with Crippen LogP contribution in [0.2, 0.25) is 0 Å². The molecule has 34 heavy (non-hydrogen) atoms. The number of aromatic nitrogens is 4. The molecule has 2 radical (unpaired) electrons. The van der Waals surface area contributed by atoms with E-state index in [1.54, 1.807) is 18.5 Å². The maximum atomic E-state index is 12.0. The van der Waals surface area contributed by atoms with Crippen LogP contribution in [0.1, 0.15) is 62.8 Å². The molecule has 1 aromatic carbocycles. The SMILES string of the molecule is [B]C1OC(=O)c2ccc([C@@H]3CN(Cc4cnn(-c5cc(C)c(C#N)cn5)n4)C[C@H](C)N3)c(C)c21. The van der Waals surface area contributed by atoms with E-state index in [1.807, 2.05) is 26.0 Å². The number of hydrogen-bond acceptors (Lipinski definition) is 8. The minimum Gasteiger partial charge on any atom is -0.465 e. The van der Waals surface area contributed by atoms with E-state index in [0.717, 1.165) is 41.0 Å². The van der Waals surface area contributed by atoms with E-state index in [2.05, 4.69) is 38.4 Å². The van der Waals surface area contributed by atoms with Crippen molar-refractivity contribution < 1.29 is 9.53 Å². The molecule has 0 saturated carbocycles. The summed E-state index contributed by atoms with van der Waals surface area (Å²) in [5.41, 5.74) is 5.65. The number of aryl methyl sites for hydroxylation is 1. The van der Waals surface area contributed by atoms with Crippen molar-refractivity contribution in [3.05, 3.63) is 69.7 Å². The highest BCUT2D eigenvalue weighted by atomic mass is 16.5. The number of nitrogens with one attached hydrogen (secondary N) is 1. The highest BCUT2D eigenvalue weighted by Gasteiger charge is 2.33. The van der Waals surface area contributed by atoms with Gasteiger partial charge < -0.3 is 10.1 Å². The average molecular weight is 453 g/mol.